The van der Waals surface area contributed by atoms with Crippen LogP contribution in [0.1, 0.15) is 20.3 Å². The molecule has 0 aliphatic carbocycles. The first kappa shape index (κ1) is 13.2. The number of nitrogens with one attached hydrogen (secondary N) is 1. The fourth-order valence-corrected chi connectivity index (χ4v) is 2.23. The van der Waals surface area contributed by atoms with Gasteiger partial charge in [0.15, 0.2) is 5.82 Å². The molecule has 1 aliphatic heterocycles. The third-order valence-corrected chi connectivity index (χ3v) is 3.95. The Morgan fingerprint density at radius 3 is 2.72 bits per heavy atom. The zero-order valence-corrected chi connectivity index (χ0v) is 11.1. The molecule has 1 heterocycles. The summed E-state index contributed by atoms with van der Waals surface area (Å²) in [5.74, 6) is -0.616. The number of hydrogen-bond donors (Lipinski definition) is 3. The number of rotatable bonds is 2. The summed E-state index contributed by atoms with van der Waals surface area (Å²) in [6.45, 7) is 4.54. The van der Waals surface area contributed by atoms with Crippen LogP contribution in [0.25, 0.3) is 0 Å². The highest BCUT2D eigenvalue weighted by molar-refractivity contribution is 6.33. The second kappa shape index (κ2) is 4.48. The minimum absolute atomic E-state index is 0.0346. The quantitative estimate of drug-likeness (QED) is 0.724. The van der Waals surface area contributed by atoms with E-state index in [-0.39, 0.29) is 33.7 Å². The van der Waals surface area contributed by atoms with Gasteiger partial charge in [0.05, 0.1) is 28.7 Å². The van der Waals surface area contributed by atoms with Crippen LogP contribution in [0.4, 0.5) is 21.5 Å². The van der Waals surface area contributed by atoms with Crippen LogP contribution in [-0.4, -0.2) is 18.2 Å². The summed E-state index contributed by atoms with van der Waals surface area (Å²) in [7, 11) is 0. The molecule has 4 nitrogen and oxygen atoms in total. The Balaban J connectivity index is 2.38. The summed E-state index contributed by atoms with van der Waals surface area (Å²) in [5, 5.41) is 3.00. The summed E-state index contributed by atoms with van der Waals surface area (Å²) < 4.78 is 19.6. The van der Waals surface area contributed by atoms with Gasteiger partial charge in [0.1, 0.15) is 5.02 Å². The highest BCUT2D eigenvalue weighted by Crippen LogP contribution is 2.38. The van der Waals surface area contributed by atoms with Crippen LogP contribution in [0, 0.1) is 5.82 Å². The lowest BCUT2D eigenvalue weighted by atomic mass is 9.94. The minimum Gasteiger partial charge on any atom is -0.397 e. The van der Waals surface area contributed by atoms with Crippen LogP contribution >= 0.6 is 11.6 Å². The SMILES string of the molecule is CC1OCCC1(C)Nc1c(N)cc(N)c(Cl)c1F. The first-order valence-electron chi connectivity index (χ1n) is 5.78. The van der Waals surface area contributed by atoms with Gasteiger partial charge in [0.2, 0.25) is 0 Å². The van der Waals surface area contributed by atoms with E-state index in [0.29, 0.717) is 6.61 Å². The molecule has 0 aromatic heterocycles. The molecule has 6 heteroatoms. The van der Waals surface area contributed by atoms with Crippen LogP contribution in [0.15, 0.2) is 6.07 Å². The summed E-state index contributed by atoms with van der Waals surface area (Å²) in [6, 6.07) is 1.46. The highest BCUT2D eigenvalue weighted by Gasteiger charge is 2.38. The Morgan fingerprint density at radius 1 is 1.50 bits per heavy atom. The van der Waals surface area contributed by atoms with Gasteiger partial charge in [-0.3, -0.25) is 0 Å². The fourth-order valence-electron chi connectivity index (χ4n) is 2.08. The van der Waals surface area contributed by atoms with E-state index in [1.54, 1.807) is 0 Å². The Morgan fingerprint density at radius 2 is 2.17 bits per heavy atom. The standard InChI is InChI=1S/C12H17ClFN3O/c1-6-12(2,3-4-18-6)17-11-8(16)5-7(15)9(13)10(11)14/h5-6,17H,3-4,15-16H2,1-2H3. The van der Waals surface area contributed by atoms with Crippen LogP contribution in [0.5, 0.6) is 0 Å². The maximum atomic E-state index is 14.1. The summed E-state index contributed by atoms with van der Waals surface area (Å²) in [5.41, 5.74) is 11.6. The number of ether oxygens (including phenoxy) is 1. The molecule has 0 saturated carbocycles. The van der Waals surface area contributed by atoms with Gasteiger partial charge in [-0.1, -0.05) is 11.6 Å². The maximum absolute atomic E-state index is 14.1. The number of nitrogen functional groups attached to an aromatic ring is 2. The van der Waals surface area contributed by atoms with E-state index in [1.165, 1.54) is 6.07 Å². The number of hydrogen-bond acceptors (Lipinski definition) is 4. The van der Waals surface area contributed by atoms with E-state index in [9.17, 15) is 4.39 Å². The molecule has 18 heavy (non-hydrogen) atoms. The van der Waals surface area contributed by atoms with Crippen LogP contribution in [0.2, 0.25) is 5.02 Å². The highest BCUT2D eigenvalue weighted by atomic mass is 35.5. The fraction of sp³-hybridized carbons (Fsp3) is 0.500. The monoisotopic (exact) mass is 273 g/mol. The van der Waals surface area contributed by atoms with Gasteiger partial charge in [-0.15, -0.1) is 0 Å². The first-order chi connectivity index (χ1) is 8.35. The van der Waals surface area contributed by atoms with Crippen LogP contribution < -0.4 is 16.8 Å². The summed E-state index contributed by atoms with van der Waals surface area (Å²) in [6.07, 6.45) is 0.738. The molecule has 0 spiro atoms. The molecule has 0 radical (unpaired) electrons. The van der Waals surface area contributed by atoms with E-state index in [0.717, 1.165) is 6.42 Å². The van der Waals surface area contributed by atoms with Gasteiger partial charge in [-0.05, 0) is 26.3 Å². The third kappa shape index (κ3) is 2.08. The van der Waals surface area contributed by atoms with Gasteiger partial charge >= 0.3 is 0 Å². The van der Waals surface area contributed by atoms with Crippen molar-refractivity contribution >= 4 is 28.7 Å². The lowest BCUT2D eigenvalue weighted by Crippen LogP contribution is -2.41. The smallest absolute Gasteiger partial charge is 0.169 e. The summed E-state index contributed by atoms with van der Waals surface area (Å²) >= 11 is 5.80. The van der Waals surface area contributed by atoms with Crippen molar-refractivity contribution in [3.05, 3.63) is 16.9 Å². The van der Waals surface area contributed by atoms with Crippen molar-refractivity contribution in [1.82, 2.24) is 0 Å². The predicted molar refractivity (Wildman–Crippen MR) is 72.3 cm³/mol. The molecular weight excluding hydrogens is 257 g/mol. The van der Waals surface area contributed by atoms with Crippen molar-refractivity contribution < 1.29 is 9.13 Å². The van der Waals surface area contributed by atoms with Crippen LogP contribution in [0.3, 0.4) is 0 Å². The molecular formula is C12H17ClFN3O. The molecule has 1 aromatic rings. The van der Waals surface area contributed by atoms with Crippen molar-refractivity contribution in [2.24, 2.45) is 0 Å². The van der Waals surface area contributed by atoms with E-state index in [4.69, 9.17) is 27.8 Å². The Bertz CT molecular complexity index is 483. The Hall–Kier alpha value is -1.20. The number of benzene rings is 1. The lowest BCUT2D eigenvalue weighted by molar-refractivity contribution is 0.105. The molecule has 2 unspecified atom stereocenters. The van der Waals surface area contributed by atoms with Crippen molar-refractivity contribution in [3.8, 4) is 0 Å². The zero-order valence-electron chi connectivity index (χ0n) is 10.4. The molecule has 1 aromatic carbocycles. The normalized spacial score (nSPS) is 27.4. The number of anilines is 3. The average Bonchev–Trinajstić information content (AvgIpc) is 2.63. The van der Waals surface area contributed by atoms with E-state index < -0.39 is 5.82 Å². The largest absolute Gasteiger partial charge is 0.397 e. The average molecular weight is 274 g/mol. The van der Waals surface area contributed by atoms with E-state index in [2.05, 4.69) is 5.32 Å². The molecule has 2 atom stereocenters. The van der Waals surface area contributed by atoms with Gasteiger partial charge in [0.25, 0.3) is 0 Å². The Kier molecular flexibility index (Phi) is 3.29. The van der Waals surface area contributed by atoms with Crippen molar-refractivity contribution in [2.45, 2.75) is 31.9 Å². The second-order valence-electron chi connectivity index (χ2n) is 4.86. The number of nitrogens with two attached hydrogens (primary N) is 2. The van der Waals surface area contributed by atoms with E-state index in [1.807, 2.05) is 13.8 Å². The molecule has 100 valence electrons. The predicted octanol–water partition coefficient (Wildman–Crippen LogP) is 2.62. The van der Waals surface area contributed by atoms with Gasteiger partial charge in [-0.2, -0.15) is 0 Å². The van der Waals surface area contributed by atoms with Crippen molar-refractivity contribution in [3.63, 3.8) is 0 Å². The van der Waals surface area contributed by atoms with Gasteiger partial charge < -0.3 is 21.5 Å². The van der Waals surface area contributed by atoms with E-state index >= 15 is 0 Å². The van der Waals surface area contributed by atoms with Crippen molar-refractivity contribution in [2.75, 3.05) is 23.4 Å². The summed E-state index contributed by atoms with van der Waals surface area (Å²) in [4.78, 5) is 0. The molecule has 1 saturated heterocycles. The maximum Gasteiger partial charge on any atom is 0.169 e. The first-order valence-corrected chi connectivity index (χ1v) is 6.15. The van der Waals surface area contributed by atoms with Crippen molar-refractivity contribution in [1.29, 1.82) is 0 Å². The zero-order chi connectivity index (χ0) is 13.5. The molecule has 1 aliphatic rings. The number of halogens is 2. The molecule has 1 fully saturated rings. The third-order valence-electron chi connectivity index (χ3n) is 3.56. The second-order valence-corrected chi connectivity index (χ2v) is 5.24. The molecule has 5 N–H and O–H groups in total. The van der Waals surface area contributed by atoms with Crippen LogP contribution in [-0.2, 0) is 4.74 Å². The minimum atomic E-state index is -0.616. The molecule has 0 amide bonds. The van der Waals surface area contributed by atoms with Gasteiger partial charge in [0, 0.05) is 6.61 Å². The van der Waals surface area contributed by atoms with Gasteiger partial charge in [-0.25, -0.2) is 4.39 Å². The Labute approximate surface area is 110 Å². The molecule has 2 rings (SSSR count). The molecule has 0 bridgehead atoms. The lowest BCUT2D eigenvalue weighted by Gasteiger charge is -2.31. The topological polar surface area (TPSA) is 73.3 Å².